The van der Waals surface area contributed by atoms with Crippen LogP contribution in [-0.4, -0.2) is 21.6 Å². The molecule has 0 fully saturated rings. The molecule has 0 spiro atoms. The van der Waals surface area contributed by atoms with Gasteiger partial charge >= 0.3 is 0 Å². The van der Waals surface area contributed by atoms with E-state index in [0.29, 0.717) is 12.2 Å². The summed E-state index contributed by atoms with van der Waals surface area (Å²) in [7, 11) is 0. The van der Waals surface area contributed by atoms with Gasteiger partial charge in [0.15, 0.2) is 0 Å². The SMILES string of the molecule is CCOn1c(O)cc(C)c1O. The highest BCUT2D eigenvalue weighted by molar-refractivity contribution is 5.32. The number of aryl methyl sites for hydroxylation is 1. The van der Waals surface area contributed by atoms with Crippen molar-refractivity contribution >= 4 is 0 Å². The van der Waals surface area contributed by atoms with Crippen LogP contribution in [0.1, 0.15) is 12.5 Å². The first-order valence-electron chi connectivity index (χ1n) is 3.40. The molecular weight excluding hydrogens is 146 g/mol. The number of aromatic nitrogens is 1. The summed E-state index contributed by atoms with van der Waals surface area (Å²) >= 11 is 0. The second-order valence-corrected chi connectivity index (χ2v) is 2.22. The molecule has 0 atom stereocenters. The van der Waals surface area contributed by atoms with Gasteiger partial charge in [0.25, 0.3) is 0 Å². The third-order valence-electron chi connectivity index (χ3n) is 1.36. The maximum atomic E-state index is 9.23. The lowest BCUT2D eigenvalue weighted by Gasteiger charge is -2.05. The van der Waals surface area contributed by atoms with E-state index in [0.717, 1.165) is 4.73 Å². The lowest BCUT2D eigenvalue weighted by atomic mass is 10.4. The van der Waals surface area contributed by atoms with E-state index in [4.69, 9.17) is 9.94 Å². The highest BCUT2D eigenvalue weighted by Crippen LogP contribution is 2.24. The van der Waals surface area contributed by atoms with Gasteiger partial charge in [-0.15, -0.1) is 4.73 Å². The Balaban J connectivity index is 3.02. The molecule has 0 amide bonds. The van der Waals surface area contributed by atoms with Crippen LogP contribution >= 0.6 is 0 Å². The molecule has 4 nitrogen and oxygen atoms in total. The number of aromatic hydroxyl groups is 2. The molecule has 0 aliphatic heterocycles. The topological polar surface area (TPSA) is 54.6 Å². The van der Waals surface area contributed by atoms with Gasteiger partial charge in [0.1, 0.15) is 6.61 Å². The Bertz CT molecular complexity index is 254. The van der Waals surface area contributed by atoms with Gasteiger partial charge < -0.3 is 15.1 Å². The molecule has 1 rings (SSSR count). The monoisotopic (exact) mass is 157 g/mol. The molecule has 4 heteroatoms. The van der Waals surface area contributed by atoms with Crippen molar-refractivity contribution in [3.63, 3.8) is 0 Å². The molecule has 2 N–H and O–H groups in total. The second kappa shape index (κ2) is 2.74. The first-order chi connectivity index (χ1) is 5.16. The van der Waals surface area contributed by atoms with Crippen LogP contribution in [-0.2, 0) is 0 Å². The predicted molar refractivity (Wildman–Crippen MR) is 39.6 cm³/mol. The maximum absolute atomic E-state index is 9.23. The zero-order valence-electron chi connectivity index (χ0n) is 6.53. The van der Waals surface area contributed by atoms with Gasteiger partial charge in [-0.3, -0.25) is 0 Å². The van der Waals surface area contributed by atoms with Gasteiger partial charge in [-0.25, -0.2) is 0 Å². The molecule has 0 aliphatic rings. The van der Waals surface area contributed by atoms with Crippen molar-refractivity contribution < 1.29 is 15.1 Å². The zero-order chi connectivity index (χ0) is 8.43. The van der Waals surface area contributed by atoms with Crippen LogP contribution in [0.4, 0.5) is 0 Å². The minimum atomic E-state index is -0.0816. The molecule has 1 aromatic rings. The van der Waals surface area contributed by atoms with E-state index in [-0.39, 0.29) is 11.8 Å². The first-order valence-corrected chi connectivity index (χ1v) is 3.40. The van der Waals surface area contributed by atoms with Gasteiger partial charge in [0, 0.05) is 11.6 Å². The normalized spacial score (nSPS) is 10.0. The minimum Gasteiger partial charge on any atom is -0.492 e. The lowest BCUT2D eigenvalue weighted by Crippen LogP contribution is -2.08. The van der Waals surface area contributed by atoms with Crippen LogP contribution in [0.2, 0.25) is 0 Å². The molecule has 0 saturated carbocycles. The molecule has 0 aliphatic carbocycles. The smallest absolute Gasteiger partial charge is 0.232 e. The molecule has 0 saturated heterocycles. The first kappa shape index (κ1) is 7.78. The van der Waals surface area contributed by atoms with Crippen molar-refractivity contribution in [2.45, 2.75) is 13.8 Å². The number of hydrogen-bond acceptors (Lipinski definition) is 3. The Kier molecular flexibility index (Phi) is 1.94. The summed E-state index contributed by atoms with van der Waals surface area (Å²) in [5.41, 5.74) is 0.593. The van der Waals surface area contributed by atoms with E-state index in [1.165, 1.54) is 6.07 Å². The van der Waals surface area contributed by atoms with Crippen molar-refractivity contribution in [1.82, 2.24) is 4.73 Å². The number of hydrogen-bond donors (Lipinski definition) is 2. The van der Waals surface area contributed by atoms with Crippen molar-refractivity contribution in [2.75, 3.05) is 6.61 Å². The largest absolute Gasteiger partial charge is 0.492 e. The van der Waals surface area contributed by atoms with Crippen LogP contribution in [0.25, 0.3) is 0 Å². The number of rotatable bonds is 2. The third kappa shape index (κ3) is 1.24. The summed E-state index contributed by atoms with van der Waals surface area (Å²) in [5.74, 6) is -0.133. The summed E-state index contributed by atoms with van der Waals surface area (Å²) in [5, 5.41) is 18.3. The summed E-state index contributed by atoms with van der Waals surface area (Å²) in [6, 6.07) is 1.44. The standard InChI is InChI=1S/C7H11NO3/c1-3-11-8-6(9)4-5(2)7(8)10/h4,9-10H,3H2,1-2H3. The van der Waals surface area contributed by atoms with Gasteiger partial charge in [-0.05, 0) is 13.8 Å². The minimum absolute atomic E-state index is 0.0515. The Morgan fingerprint density at radius 2 is 2.18 bits per heavy atom. The van der Waals surface area contributed by atoms with Gasteiger partial charge in [-0.2, -0.15) is 0 Å². The van der Waals surface area contributed by atoms with Crippen molar-refractivity contribution in [3.8, 4) is 11.8 Å². The molecule has 1 aromatic heterocycles. The molecule has 0 radical (unpaired) electrons. The van der Waals surface area contributed by atoms with Crippen molar-refractivity contribution in [2.24, 2.45) is 0 Å². The van der Waals surface area contributed by atoms with E-state index in [1.54, 1.807) is 13.8 Å². The maximum Gasteiger partial charge on any atom is 0.232 e. The molecule has 0 unspecified atom stereocenters. The van der Waals surface area contributed by atoms with Crippen molar-refractivity contribution in [1.29, 1.82) is 0 Å². The van der Waals surface area contributed by atoms with E-state index >= 15 is 0 Å². The molecule has 62 valence electrons. The van der Waals surface area contributed by atoms with E-state index in [9.17, 15) is 5.11 Å². The average Bonchev–Trinajstić information content (AvgIpc) is 2.17. The highest BCUT2D eigenvalue weighted by atomic mass is 16.7. The summed E-state index contributed by atoms with van der Waals surface area (Å²) in [6.07, 6.45) is 0. The van der Waals surface area contributed by atoms with Gasteiger partial charge in [-0.1, -0.05) is 0 Å². The molecular formula is C7H11NO3. The van der Waals surface area contributed by atoms with Crippen LogP contribution in [0.15, 0.2) is 6.07 Å². The summed E-state index contributed by atoms with van der Waals surface area (Å²) in [4.78, 5) is 4.90. The van der Waals surface area contributed by atoms with E-state index in [2.05, 4.69) is 0 Å². The molecule has 0 aromatic carbocycles. The second-order valence-electron chi connectivity index (χ2n) is 2.22. The molecule has 1 heterocycles. The van der Waals surface area contributed by atoms with E-state index in [1.807, 2.05) is 0 Å². The lowest BCUT2D eigenvalue weighted by molar-refractivity contribution is 0.0841. The fraction of sp³-hybridized carbons (Fsp3) is 0.429. The Labute approximate surface area is 64.6 Å². The fourth-order valence-electron chi connectivity index (χ4n) is 0.842. The Hall–Kier alpha value is -1.32. The van der Waals surface area contributed by atoms with Crippen LogP contribution in [0.3, 0.4) is 0 Å². The summed E-state index contributed by atoms with van der Waals surface area (Å²) < 4.78 is 0.995. The van der Waals surface area contributed by atoms with Crippen molar-refractivity contribution in [3.05, 3.63) is 11.6 Å². The third-order valence-corrected chi connectivity index (χ3v) is 1.36. The fourth-order valence-corrected chi connectivity index (χ4v) is 0.842. The van der Waals surface area contributed by atoms with Crippen LogP contribution in [0.5, 0.6) is 11.8 Å². The van der Waals surface area contributed by atoms with Crippen LogP contribution < -0.4 is 4.84 Å². The van der Waals surface area contributed by atoms with E-state index < -0.39 is 0 Å². The van der Waals surface area contributed by atoms with Gasteiger partial charge in [0.05, 0.1) is 0 Å². The predicted octanol–water partition coefficient (Wildman–Crippen LogP) is 0.656. The quantitative estimate of drug-likeness (QED) is 0.663. The Morgan fingerprint density at radius 1 is 1.55 bits per heavy atom. The summed E-state index contributed by atoms with van der Waals surface area (Å²) in [6.45, 7) is 3.86. The highest BCUT2D eigenvalue weighted by Gasteiger charge is 2.10. The van der Waals surface area contributed by atoms with Gasteiger partial charge in [0.2, 0.25) is 11.8 Å². The Morgan fingerprint density at radius 3 is 2.55 bits per heavy atom. The molecule has 11 heavy (non-hydrogen) atoms. The van der Waals surface area contributed by atoms with Crippen LogP contribution in [0, 0.1) is 6.92 Å². The average molecular weight is 157 g/mol. The number of nitrogens with zero attached hydrogens (tertiary/aromatic N) is 1. The molecule has 0 bridgehead atoms. The zero-order valence-corrected chi connectivity index (χ0v) is 6.53.